The quantitative estimate of drug-likeness (QED) is 0.776. The van der Waals surface area contributed by atoms with Gasteiger partial charge in [-0.15, -0.1) is 11.6 Å². The highest BCUT2D eigenvalue weighted by Crippen LogP contribution is 2.26. The zero-order chi connectivity index (χ0) is 12.1. The van der Waals surface area contributed by atoms with E-state index in [0.29, 0.717) is 17.5 Å². The van der Waals surface area contributed by atoms with Gasteiger partial charge in [0.15, 0.2) is 0 Å². The number of halogens is 1. The molecule has 3 nitrogen and oxygen atoms in total. The molecule has 17 heavy (non-hydrogen) atoms. The van der Waals surface area contributed by atoms with Crippen LogP contribution >= 0.6 is 11.6 Å². The van der Waals surface area contributed by atoms with Crippen molar-refractivity contribution in [2.24, 2.45) is 0 Å². The molecule has 2 aromatic rings. The average Bonchev–Trinajstić information content (AvgIpc) is 2.39. The van der Waals surface area contributed by atoms with Crippen LogP contribution in [0.1, 0.15) is 5.56 Å². The Bertz CT molecular complexity index is 502. The van der Waals surface area contributed by atoms with E-state index in [1.165, 1.54) is 0 Å². The lowest BCUT2D eigenvalue weighted by atomic mass is 10.3. The molecule has 0 radical (unpaired) electrons. The fraction of sp³-hybridized carbons (Fsp3) is 0.154. The van der Waals surface area contributed by atoms with Crippen molar-refractivity contribution in [1.29, 1.82) is 0 Å². The minimum Gasteiger partial charge on any atom is -0.497 e. The van der Waals surface area contributed by atoms with E-state index < -0.39 is 0 Å². The van der Waals surface area contributed by atoms with Gasteiger partial charge in [0.2, 0.25) is 5.88 Å². The van der Waals surface area contributed by atoms with Crippen molar-refractivity contribution in [3.8, 4) is 17.4 Å². The smallest absolute Gasteiger partial charge is 0.223 e. The monoisotopic (exact) mass is 249 g/mol. The number of pyridine rings is 1. The first-order valence-corrected chi connectivity index (χ1v) is 5.68. The molecule has 0 saturated carbocycles. The zero-order valence-corrected chi connectivity index (χ0v) is 10.1. The highest BCUT2D eigenvalue weighted by molar-refractivity contribution is 6.17. The van der Waals surface area contributed by atoms with Gasteiger partial charge in [0, 0.05) is 17.8 Å². The molecule has 1 aromatic heterocycles. The lowest BCUT2D eigenvalue weighted by molar-refractivity contribution is 0.407. The lowest BCUT2D eigenvalue weighted by Crippen LogP contribution is -1.92. The predicted molar refractivity (Wildman–Crippen MR) is 66.9 cm³/mol. The molecule has 0 atom stereocenters. The number of hydrogen-bond acceptors (Lipinski definition) is 3. The van der Waals surface area contributed by atoms with Crippen molar-refractivity contribution in [3.05, 3.63) is 48.2 Å². The molecule has 0 amide bonds. The molecule has 1 heterocycles. The van der Waals surface area contributed by atoms with Gasteiger partial charge in [-0.1, -0.05) is 12.1 Å². The van der Waals surface area contributed by atoms with E-state index in [1.54, 1.807) is 19.4 Å². The Balaban J connectivity index is 2.24. The zero-order valence-electron chi connectivity index (χ0n) is 9.39. The number of rotatable bonds is 4. The van der Waals surface area contributed by atoms with E-state index in [9.17, 15) is 0 Å². The molecule has 0 fully saturated rings. The van der Waals surface area contributed by atoms with Crippen molar-refractivity contribution >= 4 is 11.6 Å². The Morgan fingerprint density at radius 2 is 2.00 bits per heavy atom. The minimum atomic E-state index is 0.368. The Morgan fingerprint density at radius 1 is 1.18 bits per heavy atom. The maximum absolute atomic E-state index is 5.81. The van der Waals surface area contributed by atoms with Crippen LogP contribution in [0.3, 0.4) is 0 Å². The third-order valence-electron chi connectivity index (χ3n) is 2.25. The normalized spacial score (nSPS) is 10.0. The van der Waals surface area contributed by atoms with Crippen LogP contribution in [0.25, 0.3) is 0 Å². The van der Waals surface area contributed by atoms with Gasteiger partial charge in [0.1, 0.15) is 11.5 Å². The highest BCUT2D eigenvalue weighted by Gasteiger charge is 2.05. The molecule has 4 heteroatoms. The van der Waals surface area contributed by atoms with Gasteiger partial charge in [0.05, 0.1) is 13.0 Å². The van der Waals surface area contributed by atoms with Crippen molar-refractivity contribution < 1.29 is 9.47 Å². The van der Waals surface area contributed by atoms with Crippen LogP contribution in [-0.4, -0.2) is 12.1 Å². The van der Waals surface area contributed by atoms with E-state index >= 15 is 0 Å². The van der Waals surface area contributed by atoms with Gasteiger partial charge in [-0.2, -0.15) is 0 Å². The first-order chi connectivity index (χ1) is 8.33. The van der Waals surface area contributed by atoms with Gasteiger partial charge in [0.25, 0.3) is 0 Å². The second kappa shape index (κ2) is 5.55. The molecule has 88 valence electrons. The molecule has 2 rings (SSSR count). The van der Waals surface area contributed by atoms with E-state index in [0.717, 1.165) is 11.3 Å². The molecule has 0 aliphatic rings. The number of ether oxygens (including phenoxy) is 2. The summed E-state index contributed by atoms with van der Waals surface area (Å²) >= 11 is 5.81. The first-order valence-electron chi connectivity index (χ1n) is 5.15. The highest BCUT2D eigenvalue weighted by atomic mass is 35.5. The maximum Gasteiger partial charge on any atom is 0.223 e. The van der Waals surface area contributed by atoms with E-state index in [-0.39, 0.29) is 0 Å². The summed E-state index contributed by atoms with van der Waals surface area (Å²) in [6.45, 7) is 0. The summed E-state index contributed by atoms with van der Waals surface area (Å²) in [6, 6.07) is 11.1. The predicted octanol–water partition coefficient (Wildman–Crippen LogP) is 3.62. The number of aromatic nitrogens is 1. The fourth-order valence-electron chi connectivity index (χ4n) is 1.39. The standard InChI is InChI=1S/C13H12ClNO2/c1-16-11-5-2-6-12(8-11)17-13-10(9-14)4-3-7-15-13/h2-8H,9H2,1H3. The number of nitrogens with zero attached hydrogens (tertiary/aromatic N) is 1. The number of methoxy groups -OCH3 is 1. The van der Waals surface area contributed by atoms with Crippen LogP contribution in [0.15, 0.2) is 42.6 Å². The molecule has 1 aromatic carbocycles. The van der Waals surface area contributed by atoms with Crippen molar-refractivity contribution in [2.75, 3.05) is 7.11 Å². The topological polar surface area (TPSA) is 31.4 Å². The summed E-state index contributed by atoms with van der Waals surface area (Å²) in [6.07, 6.45) is 1.67. The molecule has 0 bridgehead atoms. The summed E-state index contributed by atoms with van der Waals surface area (Å²) in [5.41, 5.74) is 0.858. The molecule has 0 unspecified atom stereocenters. The summed E-state index contributed by atoms with van der Waals surface area (Å²) < 4.78 is 10.8. The van der Waals surface area contributed by atoms with E-state index in [4.69, 9.17) is 21.1 Å². The number of hydrogen-bond donors (Lipinski definition) is 0. The van der Waals surface area contributed by atoms with E-state index in [1.807, 2.05) is 30.3 Å². The number of benzene rings is 1. The van der Waals surface area contributed by atoms with Gasteiger partial charge < -0.3 is 9.47 Å². The number of alkyl halides is 1. The fourth-order valence-corrected chi connectivity index (χ4v) is 1.60. The minimum absolute atomic E-state index is 0.368. The Labute approximate surface area is 105 Å². The molecular formula is C13H12ClNO2. The molecule has 0 saturated heterocycles. The van der Waals surface area contributed by atoms with Gasteiger partial charge >= 0.3 is 0 Å². The Hall–Kier alpha value is -1.74. The van der Waals surface area contributed by atoms with Crippen LogP contribution in [-0.2, 0) is 5.88 Å². The van der Waals surface area contributed by atoms with Crippen LogP contribution in [0.4, 0.5) is 0 Å². The van der Waals surface area contributed by atoms with Crippen molar-refractivity contribution in [2.45, 2.75) is 5.88 Å². The third kappa shape index (κ3) is 2.88. The molecule has 0 spiro atoms. The molecular weight excluding hydrogens is 238 g/mol. The SMILES string of the molecule is COc1cccc(Oc2ncccc2CCl)c1. The summed E-state index contributed by atoms with van der Waals surface area (Å²) in [5, 5.41) is 0. The van der Waals surface area contributed by atoms with Crippen molar-refractivity contribution in [1.82, 2.24) is 4.98 Å². The molecule has 0 aliphatic heterocycles. The lowest BCUT2D eigenvalue weighted by Gasteiger charge is -2.08. The van der Waals surface area contributed by atoms with Crippen LogP contribution in [0.2, 0.25) is 0 Å². The second-order valence-corrected chi connectivity index (χ2v) is 3.65. The second-order valence-electron chi connectivity index (χ2n) is 3.38. The third-order valence-corrected chi connectivity index (χ3v) is 2.54. The molecule has 0 aliphatic carbocycles. The van der Waals surface area contributed by atoms with Gasteiger partial charge in [-0.25, -0.2) is 4.98 Å². The Kier molecular flexibility index (Phi) is 3.83. The summed E-state index contributed by atoms with van der Waals surface area (Å²) in [5.74, 6) is 2.31. The largest absolute Gasteiger partial charge is 0.497 e. The molecule has 0 N–H and O–H groups in total. The van der Waals surface area contributed by atoms with Gasteiger partial charge in [-0.3, -0.25) is 0 Å². The summed E-state index contributed by atoms with van der Waals surface area (Å²) in [7, 11) is 1.62. The van der Waals surface area contributed by atoms with Crippen molar-refractivity contribution in [3.63, 3.8) is 0 Å². The maximum atomic E-state index is 5.81. The van der Waals surface area contributed by atoms with Gasteiger partial charge in [-0.05, 0) is 18.2 Å². The summed E-state index contributed by atoms with van der Waals surface area (Å²) in [4.78, 5) is 4.15. The average molecular weight is 250 g/mol. The Morgan fingerprint density at radius 3 is 2.76 bits per heavy atom. The van der Waals surface area contributed by atoms with E-state index in [2.05, 4.69) is 4.98 Å². The van der Waals surface area contributed by atoms with Crippen LogP contribution in [0, 0.1) is 0 Å². The first kappa shape index (κ1) is 11.7. The van der Waals surface area contributed by atoms with Crippen LogP contribution in [0.5, 0.6) is 17.4 Å². The van der Waals surface area contributed by atoms with Crippen LogP contribution < -0.4 is 9.47 Å².